The first-order chi connectivity index (χ1) is 9.99. The molecule has 1 aromatic carbocycles. The quantitative estimate of drug-likeness (QED) is 0.687. The van der Waals surface area contributed by atoms with Crippen LogP contribution in [0.5, 0.6) is 0 Å². The highest BCUT2D eigenvalue weighted by molar-refractivity contribution is 6.31. The van der Waals surface area contributed by atoms with Gasteiger partial charge in [0.2, 0.25) is 0 Å². The number of likely N-dealkylation sites (tertiary alicyclic amines) is 1. The van der Waals surface area contributed by atoms with Crippen molar-refractivity contribution in [2.45, 2.75) is 32.3 Å². The molecule has 2 rings (SSSR count). The summed E-state index contributed by atoms with van der Waals surface area (Å²) in [4.78, 5) is 26.0. The van der Waals surface area contributed by atoms with Crippen molar-refractivity contribution in [3.63, 3.8) is 0 Å². The second-order valence-electron chi connectivity index (χ2n) is 5.17. The first-order valence-electron chi connectivity index (χ1n) is 7.04. The van der Waals surface area contributed by atoms with Crippen LogP contribution in [0.1, 0.15) is 36.5 Å². The minimum Gasteiger partial charge on any atom is -0.449 e. The summed E-state index contributed by atoms with van der Waals surface area (Å²) >= 11 is 5.79. The monoisotopic (exact) mass is 310 g/mol. The standard InChI is InChI=1S/C15H19ClN2O3/c1-10(14(19)18-7-3-2-4-8-18)21-15(20)12-6-5-11(16)9-13(12)17/h5-6,9-10H,2-4,7-8,17H2,1H3. The van der Waals surface area contributed by atoms with Gasteiger partial charge in [-0.2, -0.15) is 0 Å². The van der Waals surface area contributed by atoms with Crippen molar-refractivity contribution in [3.05, 3.63) is 28.8 Å². The SMILES string of the molecule is CC(OC(=O)c1ccc(Cl)cc1N)C(=O)N1CCCCC1. The summed E-state index contributed by atoms with van der Waals surface area (Å²) in [6.45, 7) is 3.04. The molecule has 0 aliphatic carbocycles. The van der Waals surface area contributed by atoms with E-state index >= 15 is 0 Å². The Morgan fingerprint density at radius 3 is 2.57 bits per heavy atom. The van der Waals surface area contributed by atoms with Gasteiger partial charge >= 0.3 is 5.97 Å². The third-order valence-corrected chi connectivity index (χ3v) is 3.77. The van der Waals surface area contributed by atoms with Gasteiger partial charge in [-0.15, -0.1) is 0 Å². The van der Waals surface area contributed by atoms with Gasteiger partial charge in [-0.25, -0.2) is 4.79 Å². The molecule has 0 aromatic heterocycles. The van der Waals surface area contributed by atoms with E-state index in [4.69, 9.17) is 22.1 Å². The fraction of sp³-hybridized carbons (Fsp3) is 0.467. The Morgan fingerprint density at radius 2 is 1.95 bits per heavy atom. The Balaban J connectivity index is 1.99. The lowest BCUT2D eigenvalue weighted by Crippen LogP contribution is -2.42. The zero-order valence-electron chi connectivity index (χ0n) is 12.0. The molecule has 2 N–H and O–H groups in total. The molecule has 1 heterocycles. The Labute approximate surface area is 129 Å². The molecule has 0 radical (unpaired) electrons. The van der Waals surface area contributed by atoms with Crippen molar-refractivity contribution in [1.29, 1.82) is 0 Å². The van der Waals surface area contributed by atoms with Crippen LogP contribution in [0.2, 0.25) is 5.02 Å². The van der Waals surface area contributed by atoms with Gasteiger partial charge in [-0.05, 0) is 44.4 Å². The number of ether oxygens (including phenoxy) is 1. The molecule has 1 atom stereocenters. The number of carbonyl (C=O) groups excluding carboxylic acids is 2. The van der Waals surface area contributed by atoms with Gasteiger partial charge in [0, 0.05) is 23.8 Å². The zero-order valence-corrected chi connectivity index (χ0v) is 12.7. The van der Waals surface area contributed by atoms with E-state index in [1.165, 1.54) is 12.1 Å². The van der Waals surface area contributed by atoms with Crippen LogP contribution >= 0.6 is 11.6 Å². The van der Waals surface area contributed by atoms with Crippen LogP contribution in [-0.4, -0.2) is 36.0 Å². The fourth-order valence-corrected chi connectivity index (χ4v) is 2.55. The Kier molecular flexibility index (Phi) is 5.07. The summed E-state index contributed by atoms with van der Waals surface area (Å²) < 4.78 is 5.22. The summed E-state index contributed by atoms with van der Waals surface area (Å²) in [5.41, 5.74) is 6.20. The molecule has 1 aromatic rings. The van der Waals surface area contributed by atoms with Gasteiger partial charge in [0.25, 0.3) is 5.91 Å². The van der Waals surface area contributed by atoms with Crippen LogP contribution in [0.15, 0.2) is 18.2 Å². The number of carbonyl (C=O) groups is 2. The predicted octanol–water partition coefficient (Wildman–Crippen LogP) is 2.48. The molecule has 0 bridgehead atoms. The van der Waals surface area contributed by atoms with Gasteiger partial charge in [0.15, 0.2) is 6.10 Å². The largest absolute Gasteiger partial charge is 0.449 e. The van der Waals surface area contributed by atoms with Crippen LogP contribution in [0.4, 0.5) is 5.69 Å². The molecular formula is C15H19ClN2O3. The van der Waals surface area contributed by atoms with Gasteiger partial charge in [-0.1, -0.05) is 11.6 Å². The molecule has 6 heteroatoms. The average molecular weight is 311 g/mol. The number of esters is 1. The normalized spacial score (nSPS) is 16.4. The molecule has 114 valence electrons. The van der Waals surface area contributed by atoms with E-state index in [1.807, 2.05) is 0 Å². The summed E-state index contributed by atoms with van der Waals surface area (Å²) in [6, 6.07) is 4.54. The lowest BCUT2D eigenvalue weighted by atomic mass is 10.1. The number of halogens is 1. The molecule has 5 nitrogen and oxygen atoms in total. The van der Waals surface area contributed by atoms with Crippen LogP contribution in [0.3, 0.4) is 0 Å². The van der Waals surface area contributed by atoms with Crippen molar-refractivity contribution in [1.82, 2.24) is 4.90 Å². The average Bonchev–Trinajstić information content (AvgIpc) is 2.47. The smallest absolute Gasteiger partial charge is 0.341 e. The van der Waals surface area contributed by atoms with Crippen LogP contribution < -0.4 is 5.73 Å². The van der Waals surface area contributed by atoms with Crippen LogP contribution in [-0.2, 0) is 9.53 Å². The van der Waals surface area contributed by atoms with Gasteiger partial charge < -0.3 is 15.4 Å². The van der Waals surface area contributed by atoms with E-state index < -0.39 is 12.1 Å². The molecule has 1 aliphatic heterocycles. The Morgan fingerprint density at radius 1 is 1.29 bits per heavy atom. The topological polar surface area (TPSA) is 72.6 Å². The molecule has 1 amide bonds. The van der Waals surface area contributed by atoms with Gasteiger partial charge in [0.1, 0.15) is 0 Å². The molecule has 0 saturated carbocycles. The van der Waals surface area contributed by atoms with Crippen LogP contribution in [0.25, 0.3) is 0 Å². The number of amides is 1. The molecule has 0 spiro atoms. The summed E-state index contributed by atoms with van der Waals surface area (Å²) in [5.74, 6) is -0.766. The van der Waals surface area contributed by atoms with Crippen molar-refractivity contribution < 1.29 is 14.3 Å². The maximum atomic E-state index is 12.2. The highest BCUT2D eigenvalue weighted by atomic mass is 35.5. The summed E-state index contributed by atoms with van der Waals surface area (Å²) in [5, 5.41) is 0.446. The lowest BCUT2D eigenvalue weighted by Gasteiger charge is -2.29. The minimum atomic E-state index is -0.814. The Bertz CT molecular complexity index is 542. The van der Waals surface area contributed by atoms with Crippen molar-refractivity contribution in [2.75, 3.05) is 18.8 Å². The predicted molar refractivity (Wildman–Crippen MR) is 81.2 cm³/mol. The number of nitrogen functional groups attached to an aromatic ring is 1. The van der Waals surface area contributed by atoms with E-state index in [-0.39, 0.29) is 17.2 Å². The van der Waals surface area contributed by atoms with Crippen molar-refractivity contribution in [3.8, 4) is 0 Å². The van der Waals surface area contributed by atoms with Crippen LogP contribution in [0, 0.1) is 0 Å². The maximum Gasteiger partial charge on any atom is 0.341 e. The van der Waals surface area contributed by atoms with E-state index in [0.717, 1.165) is 32.4 Å². The summed E-state index contributed by atoms with van der Waals surface area (Å²) in [6.07, 6.45) is 2.32. The number of nitrogens with two attached hydrogens (primary N) is 1. The third kappa shape index (κ3) is 3.88. The van der Waals surface area contributed by atoms with E-state index in [1.54, 1.807) is 17.9 Å². The van der Waals surface area contributed by atoms with E-state index in [2.05, 4.69) is 0 Å². The van der Waals surface area contributed by atoms with Crippen molar-refractivity contribution >= 4 is 29.2 Å². The van der Waals surface area contributed by atoms with Gasteiger partial charge in [0.05, 0.1) is 5.56 Å². The number of rotatable bonds is 3. The minimum absolute atomic E-state index is 0.157. The second kappa shape index (κ2) is 6.80. The molecular weight excluding hydrogens is 292 g/mol. The number of hydrogen-bond acceptors (Lipinski definition) is 4. The molecule has 1 unspecified atom stereocenters. The number of benzene rings is 1. The first kappa shape index (κ1) is 15.6. The van der Waals surface area contributed by atoms with E-state index in [0.29, 0.717) is 5.02 Å². The second-order valence-corrected chi connectivity index (χ2v) is 5.60. The highest BCUT2D eigenvalue weighted by Crippen LogP contribution is 2.20. The number of piperidine rings is 1. The maximum absolute atomic E-state index is 12.2. The van der Waals surface area contributed by atoms with Crippen molar-refractivity contribution in [2.24, 2.45) is 0 Å². The lowest BCUT2D eigenvalue weighted by molar-refractivity contribution is -0.140. The first-order valence-corrected chi connectivity index (χ1v) is 7.41. The number of hydrogen-bond donors (Lipinski definition) is 1. The summed E-state index contributed by atoms with van der Waals surface area (Å²) in [7, 11) is 0. The van der Waals surface area contributed by atoms with Gasteiger partial charge in [-0.3, -0.25) is 4.79 Å². The van der Waals surface area contributed by atoms with E-state index in [9.17, 15) is 9.59 Å². The molecule has 21 heavy (non-hydrogen) atoms. The zero-order chi connectivity index (χ0) is 15.4. The molecule has 1 aliphatic rings. The molecule has 1 fully saturated rings. The number of anilines is 1. The molecule has 1 saturated heterocycles. The number of nitrogens with zero attached hydrogens (tertiary/aromatic N) is 1. The highest BCUT2D eigenvalue weighted by Gasteiger charge is 2.26. The fourth-order valence-electron chi connectivity index (χ4n) is 2.37. The Hall–Kier alpha value is -1.75. The third-order valence-electron chi connectivity index (χ3n) is 3.53.